The third-order valence-corrected chi connectivity index (χ3v) is 4.24. The smallest absolute Gasteiger partial charge is 0.305 e. The summed E-state index contributed by atoms with van der Waals surface area (Å²) in [6.45, 7) is 9.04. The molecule has 0 atom stereocenters. The van der Waals surface area contributed by atoms with Gasteiger partial charge in [0.15, 0.2) is 0 Å². The number of hydrogen-bond donors (Lipinski definition) is 1. The fraction of sp³-hybridized carbons (Fsp3) is 0.588. The molecule has 2 rings (SSSR count). The first-order valence-electron chi connectivity index (χ1n) is 7.99. The molecule has 122 valence electrons. The Morgan fingerprint density at radius 2 is 1.77 bits per heavy atom. The summed E-state index contributed by atoms with van der Waals surface area (Å²) in [4.78, 5) is 17.7. The predicted molar refractivity (Wildman–Crippen MR) is 90.9 cm³/mol. The van der Waals surface area contributed by atoms with E-state index >= 15 is 0 Å². The molecular weight excluding hydrogens is 278 g/mol. The highest BCUT2D eigenvalue weighted by molar-refractivity contribution is 5.68. The van der Waals surface area contributed by atoms with E-state index in [0.29, 0.717) is 6.54 Å². The summed E-state index contributed by atoms with van der Waals surface area (Å²) < 4.78 is 0. The predicted octanol–water partition coefficient (Wildman–Crippen LogP) is 2.13. The number of anilines is 2. The van der Waals surface area contributed by atoms with Crippen molar-refractivity contribution in [3.05, 3.63) is 24.3 Å². The van der Waals surface area contributed by atoms with Gasteiger partial charge >= 0.3 is 5.97 Å². The fourth-order valence-corrected chi connectivity index (χ4v) is 2.82. The van der Waals surface area contributed by atoms with Crippen molar-refractivity contribution in [3.8, 4) is 0 Å². The number of carboxylic acid groups (broad SMARTS) is 1. The van der Waals surface area contributed by atoms with Crippen molar-refractivity contribution in [2.24, 2.45) is 0 Å². The Kier molecular flexibility index (Phi) is 5.66. The van der Waals surface area contributed by atoms with Crippen molar-refractivity contribution in [1.82, 2.24) is 4.90 Å². The van der Waals surface area contributed by atoms with Crippen molar-refractivity contribution < 1.29 is 9.90 Å². The summed E-state index contributed by atoms with van der Waals surface area (Å²) >= 11 is 0. The van der Waals surface area contributed by atoms with Crippen LogP contribution in [0.15, 0.2) is 24.3 Å². The minimum absolute atomic E-state index is 0.165. The number of aliphatic carboxylic acids is 1. The van der Waals surface area contributed by atoms with Crippen LogP contribution >= 0.6 is 0 Å². The number of hydrogen-bond acceptors (Lipinski definition) is 4. The van der Waals surface area contributed by atoms with Crippen LogP contribution in [-0.2, 0) is 4.79 Å². The van der Waals surface area contributed by atoms with Crippen molar-refractivity contribution >= 4 is 17.3 Å². The molecule has 0 saturated carbocycles. The molecule has 1 saturated heterocycles. The van der Waals surface area contributed by atoms with E-state index in [1.54, 1.807) is 0 Å². The van der Waals surface area contributed by atoms with E-state index in [1.807, 2.05) is 0 Å². The molecule has 5 heteroatoms. The van der Waals surface area contributed by atoms with Gasteiger partial charge in [-0.2, -0.15) is 0 Å². The van der Waals surface area contributed by atoms with Gasteiger partial charge in [-0.15, -0.1) is 0 Å². The third-order valence-electron chi connectivity index (χ3n) is 4.24. The SMILES string of the molecule is CC(C)N(CCC(=O)O)c1ccc(N2CCN(C)CC2)cc1. The van der Waals surface area contributed by atoms with E-state index in [-0.39, 0.29) is 12.5 Å². The Labute approximate surface area is 133 Å². The van der Waals surface area contributed by atoms with E-state index in [9.17, 15) is 4.79 Å². The zero-order valence-electron chi connectivity index (χ0n) is 13.8. The van der Waals surface area contributed by atoms with Gasteiger partial charge in [0, 0.05) is 50.1 Å². The topological polar surface area (TPSA) is 47.0 Å². The molecular formula is C17H27N3O2. The number of nitrogens with zero attached hydrogens (tertiary/aromatic N) is 3. The van der Waals surface area contributed by atoms with Gasteiger partial charge < -0.3 is 19.8 Å². The monoisotopic (exact) mass is 305 g/mol. The first-order valence-corrected chi connectivity index (χ1v) is 7.99. The van der Waals surface area contributed by atoms with Crippen molar-refractivity contribution in [3.63, 3.8) is 0 Å². The molecule has 0 aliphatic carbocycles. The summed E-state index contributed by atoms with van der Waals surface area (Å²) in [5.74, 6) is -0.750. The number of likely N-dealkylation sites (N-methyl/N-ethyl adjacent to an activating group) is 1. The average Bonchev–Trinajstić information content (AvgIpc) is 2.48. The van der Waals surface area contributed by atoms with Crippen molar-refractivity contribution in [2.75, 3.05) is 49.6 Å². The largest absolute Gasteiger partial charge is 0.481 e. The number of carboxylic acids is 1. The molecule has 0 spiro atoms. The second kappa shape index (κ2) is 7.49. The second-order valence-electron chi connectivity index (χ2n) is 6.24. The van der Waals surface area contributed by atoms with Gasteiger partial charge in [-0.3, -0.25) is 4.79 Å². The lowest BCUT2D eigenvalue weighted by molar-refractivity contribution is -0.136. The van der Waals surface area contributed by atoms with E-state index in [0.717, 1.165) is 31.9 Å². The van der Waals surface area contributed by atoms with Gasteiger partial charge in [-0.1, -0.05) is 0 Å². The zero-order valence-corrected chi connectivity index (χ0v) is 13.8. The maximum atomic E-state index is 10.8. The van der Waals surface area contributed by atoms with Crippen molar-refractivity contribution in [1.29, 1.82) is 0 Å². The number of benzene rings is 1. The summed E-state index contributed by atoms with van der Waals surface area (Å²) in [7, 11) is 2.16. The standard InChI is InChI=1S/C17H27N3O2/c1-14(2)20(9-8-17(21)22)16-6-4-15(5-7-16)19-12-10-18(3)11-13-19/h4-7,14H,8-13H2,1-3H3,(H,21,22). The van der Waals surface area contributed by atoms with E-state index in [2.05, 4.69) is 59.9 Å². The number of carbonyl (C=O) groups is 1. The molecule has 0 bridgehead atoms. The zero-order chi connectivity index (χ0) is 16.1. The minimum atomic E-state index is -0.750. The van der Waals surface area contributed by atoms with E-state index in [1.165, 1.54) is 5.69 Å². The number of rotatable bonds is 6. The van der Waals surface area contributed by atoms with Gasteiger partial charge in [0.2, 0.25) is 0 Å². The second-order valence-corrected chi connectivity index (χ2v) is 6.24. The lowest BCUT2D eigenvalue weighted by Gasteiger charge is -2.34. The molecule has 1 heterocycles. The molecule has 1 fully saturated rings. The Morgan fingerprint density at radius 1 is 1.18 bits per heavy atom. The van der Waals surface area contributed by atoms with Crippen LogP contribution in [0, 0.1) is 0 Å². The average molecular weight is 305 g/mol. The van der Waals surface area contributed by atoms with E-state index in [4.69, 9.17) is 5.11 Å². The van der Waals surface area contributed by atoms with E-state index < -0.39 is 5.97 Å². The molecule has 0 radical (unpaired) electrons. The Bertz CT molecular complexity index is 479. The number of piperazine rings is 1. The minimum Gasteiger partial charge on any atom is -0.481 e. The fourth-order valence-electron chi connectivity index (χ4n) is 2.82. The molecule has 5 nitrogen and oxygen atoms in total. The van der Waals surface area contributed by atoms with Gasteiger partial charge in [0.05, 0.1) is 6.42 Å². The van der Waals surface area contributed by atoms with Crippen LogP contribution in [0.4, 0.5) is 11.4 Å². The van der Waals surface area contributed by atoms with Crippen LogP contribution in [0.3, 0.4) is 0 Å². The maximum Gasteiger partial charge on any atom is 0.305 e. The molecule has 0 aromatic heterocycles. The highest BCUT2D eigenvalue weighted by atomic mass is 16.4. The maximum absolute atomic E-state index is 10.8. The third kappa shape index (κ3) is 4.37. The Morgan fingerprint density at radius 3 is 2.27 bits per heavy atom. The van der Waals surface area contributed by atoms with Gasteiger partial charge in [-0.05, 0) is 45.2 Å². The molecule has 1 aliphatic rings. The molecule has 1 aliphatic heterocycles. The Balaban J connectivity index is 2.04. The quantitative estimate of drug-likeness (QED) is 0.872. The molecule has 0 unspecified atom stereocenters. The van der Waals surface area contributed by atoms with Gasteiger partial charge in [0.25, 0.3) is 0 Å². The lowest BCUT2D eigenvalue weighted by Crippen LogP contribution is -2.44. The summed E-state index contributed by atoms with van der Waals surface area (Å²) in [5, 5.41) is 8.89. The van der Waals surface area contributed by atoms with Gasteiger partial charge in [0.1, 0.15) is 0 Å². The normalized spacial score (nSPS) is 16.1. The highest BCUT2D eigenvalue weighted by Crippen LogP contribution is 2.23. The molecule has 22 heavy (non-hydrogen) atoms. The molecule has 1 aromatic carbocycles. The molecule has 1 aromatic rings. The van der Waals surface area contributed by atoms with Crippen LogP contribution in [0.25, 0.3) is 0 Å². The highest BCUT2D eigenvalue weighted by Gasteiger charge is 2.16. The Hall–Kier alpha value is -1.75. The first kappa shape index (κ1) is 16.6. The summed E-state index contributed by atoms with van der Waals surface area (Å²) in [6.07, 6.45) is 0.165. The molecule has 1 N–H and O–H groups in total. The van der Waals surface area contributed by atoms with Crippen LogP contribution in [-0.4, -0.2) is 61.8 Å². The molecule has 0 amide bonds. The first-order chi connectivity index (χ1) is 10.5. The van der Waals surface area contributed by atoms with Crippen LogP contribution < -0.4 is 9.80 Å². The summed E-state index contributed by atoms with van der Waals surface area (Å²) in [6, 6.07) is 8.80. The van der Waals surface area contributed by atoms with Crippen LogP contribution in [0.5, 0.6) is 0 Å². The van der Waals surface area contributed by atoms with Gasteiger partial charge in [-0.25, -0.2) is 0 Å². The van der Waals surface area contributed by atoms with Crippen molar-refractivity contribution in [2.45, 2.75) is 26.3 Å². The van der Waals surface area contributed by atoms with Crippen LogP contribution in [0.2, 0.25) is 0 Å². The lowest BCUT2D eigenvalue weighted by atomic mass is 10.2. The van der Waals surface area contributed by atoms with Crippen LogP contribution in [0.1, 0.15) is 20.3 Å². The summed E-state index contributed by atoms with van der Waals surface area (Å²) in [5.41, 5.74) is 2.34.